The summed E-state index contributed by atoms with van der Waals surface area (Å²) in [5, 5.41) is 1.17. The van der Waals surface area contributed by atoms with E-state index in [1.54, 1.807) is 7.11 Å². The van der Waals surface area contributed by atoms with E-state index in [2.05, 4.69) is 6.58 Å². The summed E-state index contributed by atoms with van der Waals surface area (Å²) in [6.07, 6.45) is 4.50. The van der Waals surface area contributed by atoms with Crippen LogP contribution in [0.4, 0.5) is 11.5 Å². The maximum Gasteiger partial charge on any atom is 0.200 e. The average molecular weight is 434 g/mol. The summed E-state index contributed by atoms with van der Waals surface area (Å²) < 4.78 is 7.33. The molecule has 1 fully saturated rings. The lowest BCUT2D eigenvalue weighted by molar-refractivity contribution is 0.415. The molecular weight excluding hydrogens is 410 g/mol. The number of rotatable bonds is 3. The molecule has 2 aromatic carbocycles. The molecule has 1 aliphatic heterocycles. The number of methoxy groups -OCH3 is 1. The second-order valence-corrected chi connectivity index (χ2v) is 8.56. The fraction of sp³-hybridized carbons (Fsp3) is 0.280. The molecule has 0 atom stereocenters. The molecule has 2 heterocycles. The van der Waals surface area contributed by atoms with Gasteiger partial charge in [0.1, 0.15) is 17.4 Å². The highest BCUT2D eigenvalue weighted by Crippen LogP contribution is 2.42. The van der Waals surface area contributed by atoms with E-state index >= 15 is 0 Å². The minimum Gasteiger partial charge on any atom is -0.495 e. The molecule has 31 heavy (non-hydrogen) atoms. The van der Waals surface area contributed by atoms with Crippen LogP contribution in [0, 0.1) is 5.92 Å². The first kappa shape index (κ1) is 19.9. The van der Waals surface area contributed by atoms with Crippen LogP contribution >= 0.6 is 11.6 Å². The van der Waals surface area contributed by atoms with Crippen LogP contribution in [0.5, 0.6) is 5.75 Å². The van der Waals surface area contributed by atoms with Crippen LogP contribution < -0.4 is 15.1 Å². The van der Waals surface area contributed by atoms with Gasteiger partial charge in [0.15, 0.2) is 0 Å². The number of benzene rings is 2. The molecule has 0 bridgehead atoms. The zero-order valence-corrected chi connectivity index (χ0v) is 18.4. The summed E-state index contributed by atoms with van der Waals surface area (Å²) in [4.78, 5) is 20.6. The summed E-state index contributed by atoms with van der Waals surface area (Å²) in [5.74, 6) is 2.52. The Balaban J connectivity index is 1.78. The van der Waals surface area contributed by atoms with Crippen molar-refractivity contribution >= 4 is 45.5 Å². The number of para-hydroxylation sites is 1. The maximum atomic E-state index is 13.5. The van der Waals surface area contributed by atoms with Gasteiger partial charge in [-0.15, -0.1) is 0 Å². The number of pyridine rings is 1. The summed E-state index contributed by atoms with van der Waals surface area (Å²) in [5.41, 5.74) is 2.83. The molecule has 0 N–H and O–H groups in total. The van der Waals surface area contributed by atoms with Gasteiger partial charge >= 0.3 is 0 Å². The number of aliphatic imine (C=N–C) groups is 1. The molecule has 158 valence electrons. The summed E-state index contributed by atoms with van der Waals surface area (Å²) >= 11 is 6.45. The molecule has 1 aromatic heterocycles. The molecule has 0 saturated heterocycles. The van der Waals surface area contributed by atoms with Gasteiger partial charge in [-0.1, -0.05) is 43.2 Å². The van der Waals surface area contributed by atoms with Crippen LogP contribution in [0.2, 0.25) is 5.02 Å². The predicted molar refractivity (Wildman–Crippen MR) is 128 cm³/mol. The zero-order valence-electron chi connectivity index (χ0n) is 17.7. The quantitative estimate of drug-likeness (QED) is 0.515. The minimum atomic E-state index is -0.0486. The van der Waals surface area contributed by atoms with Crippen LogP contribution in [0.15, 0.2) is 58.8 Å². The number of hydrogen-bond acceptors (Lipinski definition) is 4. The number of aromatic nitrogens is 1. The van der Waals surface area contributed by atoms with Gasteiger partial charge in [0.05, 0.1) is 28.9 Å². The maximum absolute atomic E-state index is 13.5. The lowest BCUT2D eigenvalue weighted by Gasteiger charge is -2.35. The molecule has 0 unspecified atom stereocenters. The van der Waals surface area contributed by atoms with Crippen molar-refractivity contribution in [1.82, 2.24) is 4.57 Å². The van der Waals surface area contributed by atoms with Crippen molar-refractivity contribution in [1.29, 1.82) is 0 Å². The van der Waals surface area contributed by atoms with E-state index in [-0.39, 0.29) is 5.43 Å². The van der Waals surface area contributed by atoms with Gasteiger partial charge in [-0.3, -0.25) is 9.69 Å². The molecular formula is C25H24ClN3O2. The van der Waals surface area contributed by atoms with E-state index in [0.717, 1.165) is 29.9 Å². The highest BCUT2D eigenvalue weighted by atomic mass is 35.5. The van der Waals surface area contributed by atoms with Crippen molar-refractivity contribution in [2.75, 3.05) is 12.0 Å². The number of nitrogens with zero attached hydrogens (tertiary/aromatic N) is 3. The number of fused-ring (bicyclic) bond motifs is 2. The molecule has 2 aliphatic rings. The largest absolute Gasteiger partial charge is 0.495 e. The average Bonchev–Trinajstić information content (AvgIpc) is 3.31. The van der Waals surface area contributed by atoms with Crippen LogP contribution in [0.25, 0.3) is 16.6 Å². The molecule has 1 saturated carbocycles. The number of ether oxygens (including phenoxy) is 1. The lowest BCUT2D eigenvalue weighted by atomic mass is 9.99. The Morgan fingerprint density at radius 3 is 2.61 bits per heavy atom. The number of halogens is 1. The molecule has 5 nitrogen and oxygen atoms in total. The van der Waals surface area contributed by atoms with Gasteiger partial charge in [-0.2, -0.15) is 0 Å². The van der Waals surface area contributed by atoms with Gasteiger partial charge in [0, 0.05) is 24.0 Å². The molecule has 3 aromatic rings. The van der Waals surface area contributed by atoms with Gasteiger partial charge in [-0.05, 0) is 43.2 Å². The van der Waals surface area contributed by atoms with Crippen molar-refractivity contribution in [3.63, 3.8) is 0 Å². The highest BCUT2D eigenvalue weighted by Gasteiger charge is 2.35. The highest BCUT2D eigenvalue weighted by molar-refractivity contribution is 6.32. The number of amidine groups is 1. The molecule has 0 spiro atoms. The monoisotopic (exact) mass is 433 g/mol. The van der Waals surface area contributed by atoms with E-state index in [1.165, 1.54) is 12.8 Å². The standard InChI is InChI=1S/C25H24ClN3O2/c1-15-22-23(30)18-10-6-7-11-20(18)28(2)25(22)27-24(16-8-4-5-9-16)29(15)17-12-13-21(31-3)19(26)14-17/h6-7,10-14,16H,1,4-5,8-9H2,2-3H3. The molecule has 0 radical (unpaired) electrons. The van der Waals surface area contributed by atoms with Crippen LogP contribution in [0.3, 0.4) is 0 Å². The molecule has 1 aliphatic carbocycles. The lowest BCUT2D eigenvalue weighted by Crippen LogP contribution is -2.38. The van der Waals surface area contributed by atoms with Crippen LogP contribution in [-0.2, 0) is 7.05 Å². The topological polar surface area (TPSA) is 46.8 Å². The third kappa shape index (κ3) is 3.07. The first-order valence-electron chi connectivity index (χ1n) is 10.5. The summed E-state index contributed by atoms with van der Waals surface area (Å²) in [6, 6.07) is 13.3. The van der Waals surface area contributed by atoms with E-state index in [0.29, 0.717) is 39.2 Å². The Morgan fingerprint density at radius 1 is 1.16 bits per heavy atom. The van der Waals surface area contributed by atoms with E-state index < -0.39 is 0 Å². The molecule has 0 amide bonds. The Morgan fingerprint density at radius 2 is 1.90 bits per heavy atom. The van der Waals surface area contributed by atoms with Gasteiger partial charge in [-0.25, -0.2) is 4.99 Å². The fourth-order valence-electron chi connectivity index (χ4n) is 4.82. The SMILES string of the molecule is C=C1c2c(n(C)c3ccccc3c2=O)N=C(C2CCCC2)N1c1ccc(OC)c(Cl)c1. The van der Waals surface area contributed by atoms with E-state index in [4.69, 9.17) is 21.3 Å². The van der Waals surface area contributed by atoms with Crippen molar-refractivity contribution in [2.24, 2.45) is 18.0 Å². The van der Waals surface area contributed by atoms with Crippen LogP contribution in [-0.4, -0.2) is 17.5 Å². The second kappa shape index (κ2) is 7.57. The van der Waals surface area contributed by atoms with Crippen molar-refractivity contribution in [3.05, 3.63) is 69.9 Å². The smallest absolute Gasteiger partial charge is 0.200 e. The van der Waals surface area contributed by atoms with E-state index in [9.17, 15) is 4.79 Å². The van der Waals surface area contributed by atoms with Crippen molar-refractivity contribution in [3.8, 4) is 5.75 Å². The van der Waals surface area contributed by atoms with Gasteiger partial charge in [0.25, 0.3) is 0 Å². The third-order valence-electron chi connectivity index (χ3n) is 6.40. The third-order valence-corrected chi connectivity index (χ3v) is 6.70. The fourth-order valence-corrected chi connectivity index (χ4v) is 5.07. The summed E-state index contributed by atoms with van der Waals surface area (Å²) in [7, 11) is 3.56. The van der Waals surface area contributed by atoms with Crippen molar-refractivity contribution < 1.29 is 4.74 Å². The number of aryl methyl sites for hydroxylation is 1. The zero-order chi connectivity index (χ0) is 21.7. The normalized spacial score (nSPS) is 16.5. The Bertz CT molecular complexity index is 1300. The molecule has 6 heteroatoms. The Kier molecular flexibility index (Phi) is 4.86. The van der Waals surface area contributed by atoms with E-state index in [1.807, 2.05) is 59.0 Å². The first-order valence-corrected chi connectivity index (χ1v) is 10.9. The van der Waals surface area contributed by atoms with Gasteiger partial charge in [0.2, 0.25) is 5.43 Å². The first-order chi connectivity index (χ1) is 15.0. The Labute approximate surface area is 186 Å². The predicted octanol–water partition coefficient (Wildman–Crippen LogP) is 5.91. The van der Waals surface area contributed by atoms with Gasteiger partial charge < -0.3 is 9.30 Å². The van der Waals surface area contributed by atoms with Crippen LogP contribution in [0.1, 0.15) is 31.2 Å². The Hall–Kier alpha value is -3.05. The summed E-state index contributed by atoms with van der Waals surface area (Å²) in [6.45, 7) is 4.37. The second-order valence-electron chi connectivity index (χ2n) is 8.16. The minimum absolute atomic E-state index is 0.0486. The van der Waals surface area contributed by atoms with Crippen molar-refractivity contribution in [2.45, 2.75) is 25.7 Å². The number of anilines is 1. The molecule has 5 rings (SSSR count). The number of hydrogen-bond donors (Lipinski definition) is 0.